The van der Waals surface area contributed by atoms with E-state index in [2.05, 4.69) is 5.32 Å². The van der Waals surface area contributed by atoms with Crippen molar-refractivity contribution in [3.05, 3.63) is 127 Å². The summed E-state index contributed by atoms with van der Waals surface area (Å²) in [6.45, 7) is 0.604. The van der Waals surface area contributed by atoms with Crippen LogP contribution >= 0.6 is 0 Å². The van der Waals surface area contributed by atoms with Gasteiger partial charge in [0.15, 0.2) is 0 Å². The van der Waals surface area contributed by atoms with Crippen LogP contribution in [0.5, 0.6) is 0 Å². The minimum atomic E-state index is -1.93. The lowest BCUT2D eigenvalue weighted by Gasteiger charge is -2.29. The first-order chi connectivity index (χ1) is 25.9. The molecule has 53 heavy (non-hydrogen) atoms. The fourth-order valence-electron chi connectivity index (χ4n) is 6.60. The predicted molar refractivity (Wildman–Crippen MR) is 199 cm³/mol. The fraction of sp³-hybridized carbons (Fsp3) is 0.171. The number of hydroxylamine groups is 4. The Labute approximate surface area is 307 Å². The van der Waals surface area contributed by atoms with Gasteiger partial charge in [0.25, 0.3) is 11.8 Å². The van der Waals surface area contributed by atoms with Gasteiger partial charge in [-0.1, -0.05) is 54.6 Å². The van der Waals surface area contributed by atoms with Gasteiger partial charge in [-0.25, -0.2) is 14.0 Å². The number of nitrogens with one attached hydrogen (secondary N) is 1. The first-order valence-corrected chi connectivity index (χ1v) is 18.4. The Morgan fingerprint density at radius 3 is 2.23 bits per heavy atom. The van der Waals surface area contributed by atoms with E-state index < -0.39 is 34.8 Å². The molecule has 1 unspecified atom stereocenters. The Morgan fingerprint density at radius 1 is 0.774 bits per heavy atom. The van der Waals surface area contributed by atoms with Crippen LogP contribution in [-0.4, -0.2) is 45.2 Å². The number of carbonyl (C=O) groups is 3. The third-order valence-electron chi connectivity index (χ3n) is 9.27. The molecule has 3 heterocycles. The molecule has 2 amide bonds. The number of benzene rings is 5. The van der Waals surface area contributed by atoms with Crippen LogP contribution < -0.4 is 10.7 Å². The molecule has 4 aromatic carbocycles. The Morgan fingerprint density at radius 2 is 1.47 bits per heavy atom. The molecule has 1 N–H and O–H groups in total. The molecule has 0 aromatic heterocycles. The summed E-state index contributed by atoms with van der Waals surface area (Å²) >= 11 is -1.93. The lowest BCUT2D eigenvalue weighted by molar-refractivity contribution is -0.202. The van der Waals surface area contributed by atoms with Gasteiger partial charge >= 0.3 is 5.97 Å². The average molecular weight is 727 g/mol. The van der Waals surface area contributed by atoms with Crippen molar-refractivity contribution in [3.8, 4) is 22.5 Å². The third kappa shape index (κ3) is 7.38. The van der Waals surface area contributed by atoms with E-state index in [-0.39, 0.29) is 12.8 Å². The molecule has 2 fully saturated rings. The Balaban J connectivity index is 1.10. The number of para-hydroxylation sites is 2. The Hall–Kier alpha value is -5.95. The lowest BCUT2D eigenvalue weighted by Crippen LogP contribution is -2.40. The first-order valence-electron chi connectivity index (χ1n) is 17.3. The molecular weight excluding hydrogens is 693 g/mol. The zero-order valence-corrected chi connectivity index (χ0v) is 29.3. The summed E-state index contributed by atoms with van der Waals surface area (Å²) in [4.78, 5) is 46.9. The van der Waals surface area contributed by atoms with Crippen LogP contribution in [-0.2, 0) is 34.6 Å². The highest BCUT2D eigenvalue weighted by molar-refractivity contribution is 7.80. The van der Waals surface area contributed by atoms with Gasteiger partial charge in [-0.05, 0) is 67.4 Å². The van der Waals surface area contributed by atoms with E-state index in [1.165, 1.54) is 0 Å². The van der Waals surface area contributed by atoms with E-state index in [4.69, 9.17) is 18.5 Å². The molecule has 12 heteroatoms. The minimum absolute atomic E-state index is 0.0344. The monoisotopic (exact) mass is 726 g/mol. The molecule has 266 valence electrons. The van der Waals surface area contributed by atoms with E-state index in [0.29, 0.717) is 52.8 Å². The zero-order chi connectivity index (χ0) is 36.3. The number of carbonyl (C=O) groups excluding carboxylic acids is 3. The highest BCUT2D eigenvalue weighted by Gasteiger charge is 2.36. The van der Waals surface area contributed by atoms with Crippen molar-refractivity contribution in [1.29, 1.82) is 0 Å². The second-order valence-electron chi connectivity index (χ2n) is 12.8. The van der Waals surface area contributed by atoms with Crippen molar-refractivity contribution in [2.75, 3.05) is 18.4 Å². The van der Waals surface area contributed by atoms with E-state index >= 15 is 0 Å². The van der Waals surface area contributed by atoms with Crippen LogP contribution in [0.2, 0.25) is 0 Å². The highest BCUT2D eigenvalue weighted by Crippen LogP contribution is 2.43. The number of hydrogen-bond acceptors (Lipinski definition) is 10. The van der Waals surface area contributed by atoms with Gasteiger partial charge in [-0.15, -0.1) is 5.06 Å². The quantitative estimate of drug-likeness (QED) is 0.119. The summed E-state index contributed by atoms with van der Waals surface area (Å²) in [6, 6.07) is 38.7. The van der Waals surface area contributed by atoms with Gasteiger partial charge in [0.2, 0.25) is 11.1 Å². The van der Waals surface area contributed by atoms with Gasteiger partial charge in [0, 0.05) is 71.5 Å². The van der Waals surface area contributed by atoms with E-state index in [9.17, 15) is 18.6 Å². The van der Waals surface area contributed by atoms with Crippen molar-refractivity contribution in [3.63, 3.8) is 0 Å². The molecule has 1 atom stereocenters. The maximum absolute atomic E-state index is 14.0. The van der Waals surface area contributed by atoms with Gasteiger partial charge in [-0.3, -0.25) is 9.59 Å². The summed E-state index contributed by atoms with van der Waals surface area (Å²) < 4.78 is 26.6. The van der Waals surface area contributed by atoms with Crippen LogP contribution in [0.4, 0.5) is 17.1 Å². The number of nitrogens with zero attached hydrogens (tertiary/aromatic N) is 3. The number of anilines is 2. The van der Waals surface area contributed by atoms with Crippen LogP contribution in [0, 0.1) is 5.92 Å². The van der Waals surface area contributed by atoms with Crippen LogP contribution in [0.3, 0.4) is 0 Å². The summed E-state index contributed by atoms with van der Waals surface area (Å²) in [5.41, 5.74) is 5.58. The van der Waals surface area contributed by atoms with Crippen molar-refractivity contribution in [1.82, 2.24) is 10.1 Å². The predicted octanol–water partition coefficient (Wildman–Crippen LogP) is 7.45. The lowest BCUT2D eigenvalue weighted by atomic mass is 9.93. The van der Waals surface area contributed by atoms with E-state index in [0.717, 1.165) is 38.9 Å². The topological polar surface area (TPSA) is 131 Å². The van der Waals surface area contributed by atoms with E-state index in [1.54, 1.807) is 11.1 Å². The van der Waals surface area contributed by atoms with Crippen LogP contribution in [0.1, 0.15) is 25.7 Å². The normalized spacial score (nSPS) is 16.4. The average Bonchev–Trinajstić information content (AvgIpc) is 3.50. The molecule has 0 bridgehead atoms. The van der Waals surface area contributed by atoms with Gasteiger partial charge in [0.05, 0.1) is 21.9 Å². The summed E-state index contributed by atoms with van der Waals surface area (Å²) in [5, 5.41) is 7.14. The van der Waals surface area contributed by atoms with Crippen LogP contribution in [0.25, 0.3) is 33.4 Å². The van der Waals surface area contributed by atoms with Gasteiger partial charge in [-0.2, -0.15) is 9.35 Å². The molecule has 3 aliphatic heterocycles. The number of fused-ring (bicyclic) bond motifs is 2. The van der Waals surface area contributed by atoms with Crippen molar-refractivity contribution >= 4 is 56.9 Å². The number of imide groups is 1. The van der Waals surface area contributed by atoms with Crippen molar-refractivity contribution < 1.29 is 32.1 Å². The number of piperidine rings is 1. The van der Waals surface area contributed by atoms with Crippen molar-refractivity contribution in [2.45, 2.75) is 30.6 Å². The largest absolute Gasteiger partial charge is 0.456 e. The molecule has 2 saturated heterocycles. The maximum Gasteiger partial charge on any atom is 0.336 e. The minimum Gasteiger partial charge on any atom is -0.456 e. The third-order valence-corrected chi connectivity index (χ3v) is 10.3. The summed E-state index contributed by atoms with van der Waals surface area (Å²) in [7, 11) is 0. The molecule has 11 nitrogen and oxygen atoms in total. The molecule has 4 aliphatic rings. The molecule has 8 rings (SSSR count). The zero-order valence-electron chi connectivity index (χ0n) is 28.5. The SMILES string of the molecule is O=C(ON1C(=O)CCC1=O)C1CCN(OS(=O)c2ccccc2-c2c3ccc(=Nc4ccccc4)cc-3oc3cc(Nc4ccccc4)ccc23)CC1. The van der Waals surface area contributed by atoms with Gasteiger partial charge in [0.1, 0.15) is 11.3 Å². The highest BCUT2D eigenvalue weighted by atomic mass is 32.2. The van der Waals surface area contributed by atoms with Gasteiger partial charge < -0.3 is 14.6 Å². The second kappa shape index (κ2) is 15.0. The number of amides is 2. The number of hydrogen-bond donors (Lipinski definition) is 1. The smallest absolute Gasteiger partial charge is 0.336 e. The molecule has 4 aromatic rings. The standard InChI is InChI=1S/C41H34N4O7S/c46-38-19-20-39(47)45(38)51-41(48)27-21-23-44(24-22-27)52-53(49)37-14-8-7-13-34(37)40-32-17-15-30(42-28-9-3-1-4-10-28)25-35(32)50-36-26-31(16-18-33(36)40)43-29-11-5-2-6-12-29/h1-18,25-27,42H,19-24H2. The summed E-state index contributed by atoms with van der Waals surface area (Å²) in [6.07, 6.45) is 0.761. The molecule has 0 saturated carbocycles. The molecule has 0 spiro atoms. The van der Waals surface area contributed by atoms with E-state index in [1.807, 2.05) is 115 Å². The Bertz CT molecular complexity index is 2380. The Kier molecular flexibility index (Phi) is 9.64. The number of rotatable bonds is 9. The van der Waals surface area contributed by atoms with Crippen LogP contribution in [0.15, 0.2) is 136 Å². The fourth-order valence-corrected chi connectivity index (χ4v) is 7.56. The molecule has 1 aliphatic carbocycles. The maximum atomic E-state index is 14.0. The molecular formula is C41H34N4O7S. The first kappa shape index (κ1) is 34.2. The molecule has 0 radical (unpaired) electrons. The van der Waals surface area contributed by atoms with Crippen molar-refractivity contribution in [2.24, 2.45) is 10.9 Å². The summed E-state index contributed by atoms with van der Waals surface area (Å²) in [5.74, 6) is -1.58. The second-order valence-corrected chi connectivity index (χ2v) is 13.9.